The van der Waals surface area contributed by atoms with Gasteiger partial charge in [-0.1, -0.05) is 11.6 Å². The first-order valence-corrected chi connectivity index (χ1v) is 7.42. The number of amides is 1. The Morgan fingerprint density at radius 2 is 2.14 bits per heavy atom. The zero-order chi connectivity index (χ0) is 15.4. The molecule has 116 valence electrons. The number of likely N-dealkylation sites (tertiary alicyclic amines) is 1. The van der Waals surface area contributed by atoms with E-state index in [0.717, 1.165) is 31.5 Å². The molecule has 1 amide bonds. The molecule has 1 aromatic carbocycles. The van der Waals surface area contributed by atoms with Crippen molar-refractivity contribution in [2.45, 2.75) is 25.9 Å². The zero-order valence-electron chi connectivity index (χ0n) is 12.4. The highest BCUT2D eigenvalue weighted by atomic mass is 35.5. The van der Waals surface area contributed by atoms with Gasteiger partial charge < -0.3 is 15.2 Å². The quantitative estimate of drug-likeness (QED) is 0.893. The van der Waals surface area contributed by atoms with Crippen LogP contribution in [0.4, 0.5) is 5.69 Å². The van der Waals surface area contributed by atoms with E-state index in [1.165, 1.54) is 0 Å². The number of nitrogens with zero attached hydrogens (tertiary/aromatic N) is 1. The van der Waals surface area contributed by atoms with E-state index >= 15 is 0 Å². The third kappa shape index (κ3) is 4.33. The molecule has 0 spiro atoms. The number of nitrogens with one attached hydrogen (secondary N) is 1. The number of ether oxygens (including phenoxy) is 1. The summed E-state index contributed by atoms with van der Waals surface area (Å²) >= 11 is 6.05. The van der Waals surface area contributed by atoms with Gasteiger partial charge in [0.25, 0.3) is 0 Å². The molecule has 0 atom stereocenters. The molecule has 1 saturated heterocycles. The molecule has 0 saturated carbocycles. The predicted octanol–water partition coefficient (Wildman–Crippen LogP) is 2.05. The molecule has 0 aliphatic carbocycles. The molecule has 21 heavy (non-hydrogen) atoms. The van der Waals surface area contributed by atoms with E-state index in [-0.39, 0.29) is 12.0 Å². The molecule has 6 heteroatoms. The van der Waals surface area contributed by atoms with Crippen LogP contribution in [0.2, 0.25) is 5.02 Å². The maximum absolute atomic E-state index is 12.1. The zero-order valence-corrected chi connectivity index (χ0v) is 13.1. The minimum absolute atomic E-state index is 0.0913. The molecule has 0 radical (unpaired) electrons. The van der Waals surface area contributed by atoms with Crippen molar-refractivity contribution >= 4 is 23.2 Å². The number of hydrogen-bond donors (Lipinski definition) is 2. The molecule has 1 fully saturated rings. The molecule has 2 N–H and O–H groups in total. The third-order valence-electron chi connectivity index (χ3n) is 3.68. The summed E-state index contributed by atoms with van der Waals surface area (Å²) in [5, 5.41) is 12.9. The SMILES string of the molecule is COc1cc(Cl)c(C)cc1NC(=O)CN1CCC(O)CC1. The first kappa shape index (κ1) is 16.1. The van der Waals surface area contributed by atoms with E-state index in [1.807, 2.05) is 11.8 Å². The van der Waals surface area contributed by atoms with Crippen LogP contribution in [-0.2, 0) is 4.79 Å². The topological polar surface area (TPSA) is 61.8 Å². The Hall–Kier alpha value is -1.30. The van der Waals surface area contributed by atoms with Crippen molar-refractivity contribution in [2.75, 3.05) is 32.1 Å². The summed E-state index contributed by atoms with van der Waals surface area (Å²) in [7, 11) is 1.54. The monoisotopic (exact) mass is 312 g/mol. The number of piperidine rings is 1. The summed E-state index contributed by atoms with van der Waals surface area (Å²) in [6.07, 6.45) is 1.20. The van der Waals surface area contributed by atoms with Crippen LogP contribution in [0.3, 0.4) is 0 Å². The summed E-state index contributed by atoms with van der Waals surface area (Å²) in [6, 6.07) is 3.50. The molecule has 1 aromatic rings. The van der Waals surface area contributed by atoms with Crippen LogP contribution in [0.15, 0.2) is 12.1 Å². The van der Waals surface area contributed by atoms with Crippen LogP contribution in [0.25, 0.3) is 0 Å². The van der Waals surface area contributed by atoms with E-state index in [9.17, 15) is 9.90 Å². The number of carbonyl (C=O) groups is 1. The number of carbonyl (C=O) groups excluding carboxylic acids is 1. The Balaban J connectivity index is 1.98. The van der Waals surface area contributed by atoms with Gasteiger partial charge in [-0.3, -0.25) is 9.69 Å². The highest BCUT2D eigenvalue weighted by Crippen LogP contribution is 2.30. The van der Waals surface area contributed by atoms with Crippen molar-refractivity contribution < 1.29 is 14.6 Å². The second kappa shape index (κ2) is 7.11. The maximum atomic E-state index is 12.1. The standard InChI is InChI=1S/C15H21ClN2O3/c1-10-7-13(14(21-2)8-12(10)16)17-15(20)9-18-5-3-11(19)4-6-18/h7-8,11,19H,3-6,9H2,1-2H3,(H,17,20). The van der Waals surface area contributed by atoms with Gasteiger partial charge in [0.2, 0.25) is 5.91 Å². The summed E-state index contributed by atoms with van der Waals surface area (Å²) in [5.74, 6) is 0.458. The van der Waals surface area contributed by atoms with Crippen LogP contribution in [0, 0.1) is 6.92 Å². The molecular formula is C15H21ClN2O3. The second-order valence-electron chi connectivity index (χ2n) is 5.36. The second-order valence-corrected chi connectivity index (χ2v) is 5.76. The number of anilines is 1. The number of benzene rings is 1. The molecule has 1 heterocycles. The highest BCUT2D eigenvalue weighted by molar-refractivity contribution is 6.31. The van der Waals surface area contributed by atoms with Crippen molar-refractivity contribution in [2.24, 2.45) is 0 Å². The van der Waals surface area contributed by atoms with Crippen molar-refractivity contribution in [3.05, 3.63) is 22.7 Å². The van der Waals surface area contributed by atoms with E-state index in [1.54, 1.807) is 19.2 Å². The molecule has 1 aliphatic rings. The number of hydrogen-bond acceptors (Lipinski definition) is 4. The van der Waals surface area contributed by atoms with Gasteiger partial charge in [-0.2, -0.15) is 0 Å². The van der Waals surface area contributed by atoms with E-state index in [4.69, 9.17) is 16.3 Å². The molecule has 5 nitrogen and oxygen atoms in total. The number of rotatable bonds is 4. The lowest BCUT2D eigenvalue weighted by atomic mass is 10.1. The summed E-state index contributed by atoms with van der Waals surface area (Å²) in [5.41, 5.74) is 1.51. The van der Waals surface area contributed by atoms with Gasteiger partial charge in [0.05, 0.1) is 25.4 Å². The Labute approximate surface area is 129 Å². The lowest BCUT2D eigenvalue weighted by Crippen LogP contribution is -2.40. The van der Waals surface area contributed by atoms with Crippen LogP contribution in [0.1, 0.15) is 18.4 Å². The number of halogens is 1. The molecule has 0 bridgehead atoms. The van der Waals surface area contributed by atoms with Gasteiger partial charge in [0, 0.05) is 24.2 Å². The minimum Gasteiger partial charge on any atom is -0.495 e. The van der Waals surface area contributed by atoms with Crippen molar-refractivity contribution in [1.82, 2.24) is 4.90 Å². The van der Waals surface area contributed by atoms with Gasteiger partial charge >= 0.3 is 0 Å². The largest absolute Gasteiger partial charge is 0.495 e. The van der Waals surface area contributed by atoms with Gasteiger partial charge in [-0.25, -0.2) is 0 Å². The van der Waals surface area contributed by atoms with E-state index < -0.39 is 0 Å². The predicted molar refractivity (Wildman–Crippen MR) is 83.1 cm³/mol. The van der Waals surface area contributed by atoms with Crippen LogP contribution < -0.4 is 10.1 Å². The van der Waals surface area contributed by atoms with Crippen molar-refractivity contribution in [3.63, 3.8) is 0 Å². The number of aryl methyl sites for hydroxylation is 1. The summed E-state index contributed by atoms with van der Waals surface area (Å²) < 4.78 is 5.24. The van der Waals surface area contributed by atoms with Crippen molar-refractivity contribution in [1.29, 1.82) is 0 Å². The van der Waals surface area contributed by atoms with Gasteiger partial charge in [-0.15, -0.1) is 0 Å². The summed E-state index contributed by atoms with van der Waals surface area (Å²) in [4.78, 5) is 14.2. The molecule has 1 aliphatic heterocycles. The first-order valence-electron chi connectivity index (χ1n) is 7.04. The van der Waals surface area contributed by atoms with Crippen molar-refractivity contribution in [3.8, 4) is 5.75 Å². The summed E-state index contributed by atoms with van der Waals surface area (Å²) in [6.45, 7) is 3.68. The van der Waals surface area contributed by atoms with E-state index in [0.29, 0.717) is 23.0 Å². The third-order valence-corrected chi connectivity index (χ3v) is 4.09. The van der Waals surface area contributed by atoms with Crippen LogP contribution in [0.5, 0.6) is 5.75 Å². The number of aliphatic hydroxyl groups excluding tert-OH is 1. The fourth-order valence-electron chi connectivity index (χ4n) is 2.40. The fraction of sp³-hybridized carbons (Fsp3) is 0.533. The van der Waals surface area contributed by atoms with E-state index in [2.05, 4.69) is 5.32 Å². The average molecular weight is 313 g/mol. The van der Waals surface area contributed by atoms with Gasteiger partial charge in [0.15, 0.2) is 0 Å². The first-order chi connectivity index (χ1) is 9.99. The Morgan fingerprint density at radius 3 is 2.76 bits per heavy atom. The lowest BCUT2D eigenvalue weighted by molar-refractivity contribution is -0.117. The highest BCUT2D eigenvalue weighted by Gasteiger charge is 2.19. The molecule has 2 rings (SSSR count). The normalized spacial score (nSPS) is 16.8. The molecule has 0 unspecified atom stereocenters. The van der Waals surface area contributed by atoms with Crippen LogP contribution >= 0.6 is 11.6 Å². The lowest BCUT2D eigenvalue weighted by Gasteiger charge is -2.28. The average Bonchev–Trinajstić information content (AvgIpc) is 2.45. The molecule has 0 aromatic heterocycles. The fourth-order valence-corrected chi connectivity index (χ4v) is 2.55. The minimum atomic E-state index is -0.233. The number of methoxy groups -OCH3 is 1. The molecular weight excluding hydrogens is 292 g/mol. The smallest absolute Gasteiger partial charge is 0.238 e. The maximum Gasteiger partial charge on any atom is 0.238 e. The van der Waals surface area contributed by atoms with Gasteiger partial charge in [-0.05, 0) is 31.4 Å². The van der Waals surface area contributed by atoms with Crippen LogP contribution in [-0.4, -0.2) is 48.8 Å². The van der Waals surface area contributed by atoms with Gasteiger partial charge in [0.1, 0.15) is 5.75 Å². The Morgan fingerprint density at radius 1 is 1.48 bits per heavy atom. The Kier molecular flexibility index (Phi) is 5.45. The number of aliphatic hydroxyl groups is 1. The Bertz CT molecular complexity index is 514.